The van der Waals surface area contributed by atoms with Gasteiger partial charge in [-0.15, -0.1) is 0 Å². The second-order valence-corrected chi connectivity index (χ2v) is 20.5. The molecule has 4 heterocycles. The Balaban J connectivity index is 1.27. The zero-order valence-corrected chi connectivity index (χ0v) is 33.8. The topological polar surface area (TPSA) is 175 Å². The Kier molecular flexibility index (Phi) is 9.96. The number of sulfonamides is 1. The monoisotopic (exact) mass is 797 g/mol. The van der Waals surface area contributed by atoms with Crippen LogP contribution in [0.25, 0.3) is 10.9 Å². The fourth-order valence-electron chi connectivity index (χ4n) is 8.62. The molecule has 55 heavy (non-hydrogen) atoms. The molecule has 1 saturated heterocycles. The highest BCUT2D eigenvalue weighted by Gasteiger charge is 2.64. The number of rotatable bonds is 5. The van der Waals surface area contributed by atoms with Gasteiger partial charge in [0.1, 0.15) is 29.0 Å². The van der Waals surface area contributed by atoms with Gasteiger partial charge in [-0.2, -0.15) is 0 Å². The molecule has 1 spiro atoms. The van der Waals surface area contributed by atoms with Crippen LogP contribution in [-0.4, -0.2) is 93.2 Å². The normalized spacial score (nSPS) is 29.8. The number of nitrogens with zero attached hydrogens (tertiary/aromatic N) is 3. The van der Waals surface area contributed by atoms with E-state index in [9.17, 15) is 32.7 Å². The highest BCUT2D eigenvalue weighted by molar-refractivity contribution is 7.91. The zero-order valence-electron chi connectivity index (χ0n) is 32.2. The molecule has 2 aliphatic carbocycles. The Morgan fingerprint density at radius 2 is 1.89 bits per heavy atom. The predicted molar refractivity (Wildman–Crippen MR) is 207 cm³/mol. The number of hydrogen-bond donors (Lipinski definition) is 3. The second-order valence-electron chi connectivity index (χ2n) is 17.8. The summed E-state index contributed by atoms with van der Waals surface area (Å²) < 4.78 is 34.6. The van der Waals surface area contributed by atoms with Gasteiger partial charge < -0.3 is 20.1 Å². The van der Waals surface area contributed by atoms with E-state index in [1.165, 1.54) is 9.80 Å². The maximum Gasteiger partial charge on any atom is 0.407 e. The Labute approximate surface area is 327 Å². The van der Waals surface area contributed by atoms with Crippen molar-refractivity contribution in [2.45, 2.75) is 133 Å². The number of benzene rings is 1. The van der Waals surface area contributed by atoms with Crippen LogP contribution in [-0.2, 0) is 30.8 Å². The van der Waals surface area contributed by atoms with Crippen LogP contribution in [0.5, 0.6) is 5.75 Å². The van der Waals surface area contributed by atoms with Gasteiger partial charge >= 0.3 is 6.09 Å². The number of carboxylic acid groups (broad SMARTS) is 1. The molecule has 3 aliphatic heterocycles. The van der Waals surface area contributed by atoms with Crippen molar-refractivity contribution in [1.29, 1.82) is 0 Å². The van der Waals surface area contributed by atoms with Gasteiger partial charge in [0.05, 0.1) is 22.5 Å². The summed E-state index contributed by atoms with van der Waals surface area (Å²) in [7, 11) is -4.00. The summed E-state index contributed by atoms with van der Waals surface area (Å²) in [6.07, 6.45) is 7.78. The Bertz CT molecular complexity index is 2080. The molecule has 15 heteroatoms. The number of hydrogen-bond acceptors (Lipinski definition) is 8. The number of allylic oxidation sites excluding steroid dienone is 1. The zero-order chi connectivity index (χ0) is 39.7. The van der Waals surface area contributed by atoms with Gasteiger partial charge in [-0.1, -0.05) is 57.4 Å². The molecule has 2 saturated carbocycles. The number of fused-ring (bicyclic) bond motifs is 5. The van der Waals surface area contributed by atoms with E-state index >= 15 is 0 Å². The van der Waals surface area contributed by atoms with E-state index < -0.39 is 73.1 Å². The Morgan fingerprint density at radius 1 is 1.15 bits per heavy atom. The average molecular weight is 798 g/mol. The van der Waals surface area contributed by atoms with Crippen LogP contribution in [0.15, 0.2) is 30.4 Å². The molecule has 298 valence electrons. The molecule has 3 fully saturated rings. The van der Waals surface area contributed by atoms with Crippen LogP contribution < -0.4 is 14.8 Å². The smallest absolute Gasteiger partial charge is 0.407 e. The highest BCUT2D eigenvalue weighted by atomic mass is 35.5. The lowest BCUT2D eigenvalue weighted by molar-refractivity contribution is -0.143. The maximum absolute atomic E-state index is 15.0. The lowest BCUT2D eigenvalue weighted by Crippen LogP contribution is -2.59. The van der Waals surface area contributed by atoms with Gasteiger partial charge in [-0.3, -0.25) is 24.0 Å². The molecule has 4 amide bonds. The molecule has 1 aromatic carbocycles. The maximum atomic E-state index is 15.0. The van der Waals surface area contributed by atoms with Gasteiger partial charge in [0.2, 0.25) is 21.8 Å². The van der Waals surface area contributed by atoms with Gasteiger partial charge in [-0.25, -0.2) is 18.2 Å². The second kappa shape index (κ2) is 13.9. The third-order valence-electron chi connectivity index (χ3n) is 12.2. The molecule has 5 atom stereocenters. The summed E-state index contributed by atoms with van der Waals surface area (Å²) in [5.41, 5.74) is -0.663. The fraction of sp³-hybridized carbons (Fsp3) is 0.625. The third-order valence-corrected chi connectivity index (χ3v) is 14.6. The van der Waals surface area contributed by atoms with Crippen molar-refractivity contribution >= 4 is 56.3 Å². The molecule has 0 bridgehead atoms. The molecule has 13 nitrogen and oxygen atoms in total. The van der Waals surface area contributed by atoms with Gasteiger partial charge in [0, 0.05) is 34.9 Å². The fourth-order valence-corrected chi connectivity index (χ4v) is 10.1. The van der Waals surface area contributed by atoms with E-state index in [2.05, 4.69) is 10.0 Å². The quantitative estimate of drug-likeness (QED) is 0.323. The van der Waals surface area contributed by atoms with Crippen molar-refractivity contribution in [2.24, 2.45) is 11.3 Å². The highest BCUT2D eigenvalue weighted by Crippen LogP contribution is 2.49. The SMILES string of the molecule is Cc1nc2ccc(Cl)cc2c2c1O[C@]1(CC2)C[C@H]2C(=O)N[C@]3(C(=O)NS(=O)(=O)C4(C)CC4)C[C@H]3/C=C\CCCCC[C@H](N(CC(C)(C)C)C(=O)O)C(=O)N2C1. The molecule has 7 rings (SSSR count). The number of amides is 4. The van der Waals surface area contributed by atoms with Crippen molar-refractivity contribution in [3.05, 3.63) is 46.6 Å². The number of aryl methyl sites for hydroxylation is 2. The van der Waals surface area contributed by atoms with Crippen molar-refractivity contribution in [1.82, 2.24) is 24.8 Å². The number of carbonyl (C=O) groups is 4. The third kappa shape index (κ3) is 7.52. The Morgan fingerprint density at radius 3 is 2.58 bits per heavy atom. The largest absolute Gasteiger partial charge is 0.483 e. The van der Waals surface area contributed by atoms with E-state index in [1.54, 1.807) is 13.0 Å². The number of nitrogens with one attached hydrogen (secondary N) is 2. The minimum absolute atomic E-state index is 0.00508. The number of halogens is 1. The van der Waals surface area contributed by atoms with Crippen molar-refractivity contribution < 1.29 is 37.4 Å². The van der Waals surface area contributed by atoms with E-state index in [0.717, 1.165) is 29.3 Å². The predicted octanol–water partition coefficient (Wildman–Crippen LogP) is 5.65. The lowest BCUT2D eigenvalue weighted by Gasteiger charge is -2.38. The summed E-state index contributed by atoms with van der Waals surface area (Å²) >= 11 is 6.39. The first-order chi connectivity index (χ1) is 25.8. The first-order valence-corrected chi connectivity index (χ1v) is 21.3. The van der Waals surface area contributed by atoms with E-state index in [0.29, 0.717) is 55.0 Å². The van der Waals surface area contributed by atoms with Gasteiger partial charge in [0.25, 0.3) is 5.91 Å². The van der Waals surface area contributed by atoms with Crippen LogP contribution in [0, 0.1) is 18.3 Å². The summed E-state index contributed by atoms with van der Waals surface area (Å²) in [5.74, 6) is -1.80. The van der Waals surface area contributed by atoms with Crippen molar-refractivity contribution in [3.8, 4) is 5.75 Å². The molecule has 5 aliphatic rings. The lowest BCUT2D eigenvalue weighted by atomic mass is 9.87. The molecule has 0 unspecified atom stereocenters. The number of carbonyl (C=O) groups excluding carboxylic acids is 3. The molecule has 3 N–H and O–H groups in total. The molecule has 1 aromatic heterocycles. The van der Waals surface area contributed by atoms with Gasteiger partial charge in [0.15, 0.2) is 0 Å². The molecular weight excluding hydrogens is 746 g/mol. The van der Waals surface area contributed by atoms with Gasteiger partial charge in [-0.05, 0) is 88.8 Å². The van der Waals surface area contributed by atoms with E-state index in [1.807, 2.05) is 52.0 Å². The average Bonchev–Trinajstić information content (AvgIpc) is 3.99. The van der Waals surface area contributed by atoms with Crippen LogP contribution in [0.4, 0.5) is 4.79 Å². The van der Waals surface area contributed by atoms with Crippen LogP contribution in [0.3, 0.4) is 0 Å². The number of aromatic nitrogens is 1. The first kappa shape index (κ1) is 39.3. The summed E-state index contributed by atoms with van der Waals surface area (Å²) in [6, 6.07) is 3.30. The first-order valence-electron chi connectivity index (χ1n) is 19.4. The molecule has 2 aromatic rings. The summed E-state index contributed by atoms with van der Waals surface area (Å²) in [5, 5.41) is 14.9. The standard InChI is InChI=1S/C40H52ClN5O8S/c1-24-32-27(28-19-26(41)13-14-29(28)42-24)15-16-39(54-32)21-31-33(47)43-40(35(49)44-55(52,53)38(5)17-18-38)20-25(40)11-9-7-6-8-10-12-30(34(48)45(31)23-39)46(36(50)51)22-37(2,3)4/h9,11,13-14,19,25,30-31H,6-8,10,12,15-18,20-23H2,1-5H3,(H,43,47)(H,44,49)(H,50,51)/b11-9-/t25-,30+,31+,39-,40-/m1/s1. The van der Waals surface area contributed by atoms with E-state index in [4.69, 9.17) is 21.3 Å². The number of ether oxygens (including phenoxy) is 1. The van der Waals surface area contributed by atoms with Crippen LogP contribution in [0.2, 0.25) is 5.02 Å². The number of pyridine rings is 1. The van der Waals surface area contributed by atoms with Crippen LogP contribution in [0.1, 0.15) is 103 Å². The van der Waals surface area contributed by atoms with E-state index in [-0.39, 0.29) is 32.4 Å². The minimum atomic E-state index is -4.00. The molecule has 0 radical (unpaired) electrons. The van der Waals surface area contributed by atoms with Crippen molar-refractivity contribution in [2.75, 3.05) is 13.1 Å². The van der Waals surface area contributed by atoms with Crippen LogP contribution >= 0.6 is 11.6 Å². The Hall–Kier alpha value is -3.91. The molecular formula is C40H52ClN5O8S. The summed E-state index contributed by atoms with van der Waals surface area (Å²) in [6.45, 7) is 9.28. The summed E-state index contributed by atoms with van der Waals surface area (Å²) in [4.78, 5) is 64.0. The van der Waals surface area contributed by atoms with Crippen molar-refractivity contribution in [3.63, 3.8) is 0 Å². The minimum Gasteiger partial charge on any atom is -0.483 e.